The molecule has 0 saturated carbocycles. The van der Waals surface area contributed by atoms with E-state index in [2.05, 4.69) is 16.5 Å². The van der Waals surface area contributed by atoms with E-state index in [0.717, 1.165) is 0 Å². The molecule has 0 heterocycles. The summed E-state index contributed by atoms with van der Waals surface area (Å²) >= 11 is 0. The van der Waals surface area contributed by atoms with E-state index in [4.69, 9.17) is 17.0 Å². The standard InChI is InChI=1S/C8H14N4O/c1-5(13-11)4-7(9)6(2)8(10)12-3/h4,9H,3,10-11H2,1-2H3/b5-4+,8-6-,9-7?. The molecule has 0 spiro atoms. The molecule has 0 atom stereocenters. The van der Waals surface area contributed by atoms with Gasteiger partial charge in [-0.15, -0.1) is 0 Å². The molecule has 72 valence electrons. The van der Waals surface area contributed by atoms with Crippen LogP contribution in [0, 0.1) is 5.41 Å². The third-order valence-corrected chi connectivity index (χ3v) is 1.49. The fourth-order valence-corrected chi connectivity index (χ4v) is 0.602. The maximum atomic E-state index is 7.52. The zero-order valence-electron chi connectivity index (χ0n) is 7.79. The molecule has 0 amide bonds. The highest BCUT2D eigenvalue weighted by atomic mass is 16.6. The van der Waals surface area contributed by atoms with Gasteiger partial charge in [-0.2, -0.15) is 5.90 Å². The maximum Gasteiger partial charge on any atom is 0.127 e. The van der Waals surface area contributed by atoms with Crippen LogP contribution in [0.2, 0.25) is 0 Å². The van der Waals surface area contributed by atoms with E-state index in [1.165, 1.54) is 6.08 Å². The SMILES string of the molecule is C=N/C(N)=C(/C)C(=N)/C=C(\C)ON. The molecular weight excluding hydrogens is 168 g/mol. The topological polar surface area (TPSA) is 97.5 Å². The van der Waals surface area contributed by atoms with Crippen molar-refractivity contribution in [2.45, 2.75) is 13.8 Å². The van der Waals surface area contributed by atoms with Crippen LogP contribution >= 0.6 is 0 Å². The van der Waals surface area contributed by atoms with Gasteiger partial charge in [0.2, 0.25) is 0 Å². The Morgan fingerprint density at radius 2 is 2.08 bits per heavy atom. The van der Waals surface area contributed by atoms with Gasteiger partial charge in [0.1, 0.15) is 11.6 Å². The first kappa shape index (κ1) is 11.4. The molecule has 0 saturated heterocycles. The number of nitrogens with zero attached hydrogens (tertiary/aromatic N) is 1. The summed E-state index contributed by atoms with van der Waals surface area (Å²) in [6.07, 6.45) is 1.45. The van der Waals surface area contributed by atoms with Crippen molar-refractivity contribution in [3.05, 3.63) is 23.2 Å². The van der Waals surface area contributed by atoms with Crippen molar-refractivity contribution >= 4 is 12.4 Å². The molecule has 5 heteroatoms. The molecule has 0 aromatic carbocycles. The molecule has 0 aromatic rings. The van der Waals surface area contributed by atoms with Gasteiger partial charge in [-0.05, 0) is 20.6 Å². The van der Waals surface area contributed by atoms with Gasteiger partial charge in [-0.25, -0.2) is 4.99 Å². The smallest absolute Gasteiger partial charge is 0.127 e. The lowest BCUT2D eigenvalue weighted by Gasteiger charge is -2.02. The molecule has 0 aromatic heterocycles. The third-order valence-electron chi connectivity index (χ3n) is 1.49. The van der Waals surface area contributed by atoms with Crippen LogP contribution in [0.25, 0.3) is 0 Å². The second kappa shape index (κ2) is 5.10. The van der Waals surface area contributed by atoms with Gasteiger partial charge in [0.05, 0.1) is 5.71 Å². The lowest BCUT2D eigenvalue weighted by Crippen LogP contribution is -2.06. The van der Waals surface area contributed by atoms with Crippen molar-refractivity contribution in [2.24, 2.45) is 16.6 Å². The predicted octanol–water partition coefficient (Wildman–Crippen LogP) is 0.691. The highest BCUT2D eigenvalue weighted by molar-refractivity contribution is 6.06. The van der Waals surface area contributed by atoms with Crippen LogP contribution in [0.1, 0.15) is 13.8 Å². The van der Waals surface area contributed by atoms with Crippen LogP contribution in [0.5, 0.6) is 0 Å². The van der Waals surface area contributed by atoms with Gasteiger partial charge in [0.15, 0.2) is 0 Å². The normalized spacial score (nSPS) is 13.3. The van der Waals surface area contributed by atoms with Crippen molar-refractivity contribution in [2.75, 3.05) is 0 Å². The van der Waals surface area contributed by atoms with Crippen molar-refractivity contribution < 1.29 is 4.84 Å². The molecule has 0 fully saturated rings. The average molecular weight is 182 g/mol. The lowest BCUT2D eigenvalue weighted by molar-refractivity contribution is 0.223. The fourth-order valence-electron chi connectivity index (χ4n) is 0.602. The number of nitrogens with two attached hydrogens (primary N) is 2. The van der Waals surface area contributed by atoms with Crippen LogP contribution in [-0.4, -0.2) is 12.4 Å². The molecule has 0 aliphatic carbocycles. The van der Waals surface area contributed by atoms with Gasteiger partial charge >= 0.3 is 0 Å². The summed E-state index contributed by atoms with van der Waals surface area (Å²) in [6.45, 7) is 6.57. The minimum absolute atomic E-state index is 0.202. The Labute approximate surface area is 77.2 Å². The Hall–Kier alpha value is -1.62. The molecule has 13 heavy (non-hydrogen) atoms. The van der Waals surface area contributed by atoms with Crippen LogP contribution in [0.15, 0.2) is 28.2 Å². The second-order valence-corrected chi connectivity index (χ2v) is 2.45. The number of nitrogens with one attached hydrogen (secondary N) is 1. The Balaban J connectivity index is 4.73. The highest BCUT2D eigenvalue weighted by Gasteiger charge is 2.01. The number of hydrogen-bond donors (Lipinski definition) is 3. The molecule has 5 nitrogen and oxygen atoms in total. The molecule has 0 radical (unpaired) electrons. The summed E-state index contributed by atoms with van der Waals surface area (Å²) in [5.41, 5.74) is 6.18. The Morgan fingerprint density at radius 3 is 2.46 bits per heavy atom. The fraction of sp³-hybridized carbons (Fsp3) is 0.250. The predicted molar refractivity (Wildman–Crippen MR) is 53.2 cm³/mol. The first-order valence-corrected chi connectivity index (χ1v) is 3.60. The lowest BCUT2D eigenvalue weighted by atomic mass is 10.1. The van der Waals surface area contributed by atoms with Gasteiger partial charge in [-0.3, -0.25) is 0 Å². The largest absolute Gasteiger partial charge is 0.416 e. The zero-order chi connectivity index (χ0) is 10.4. The Bertz CT molecular complexity index is 278. The van der Waals surface area contributed by atoms with E-state index < -0.39 is 0 Å². The zero-order valence-corrected chi connectivity index (χ0v) is 7.79. The molecule has 0 aliphatic rings. The highest BCUT2D eigenvalue weighted by Crippen LogP contribution is 2.04. The molecular formula is C8H14N4O. The quantitative estimate of drug-likeness (QED) is 0.339. The monoisotopic (exact) mass is 182 g/mol. The summed E-state index contributed by atoms with van der Waals surface area (Å²) in [5, 5.41) is 7.52. The van der Waals surface area contributed by atoms with Gasteiger partial charge in [0.25, 0.3) is 0 Å². The molecule has 0 bridgehead atoms. The number of allylic oxidation sites excluding steroid dienone is 3. The summed E-state index contributed by atoms with van der Waals surface area (Å²) in [5.74, 6) is 5.54. The first-order chi connectivity index (χ1) is 6.02. The van der Waals surface area contributed by atoms with Crippen LogP contribution < -0.4 is 11.6 Å². The second-order valence-electron chi connectivity index (χ2n) is 2.45. The summed E-state index contributed by atoms with van der Waals surface area (Å²) in [4.78, 5) is 7.90. The first-order valence-electron chi connectivity index (χ1n) is 3.60. The number of rotatable bonds is 4. The summed E-state index contributed by atoms with van der Waals surface area (Å²) in [6, 6.07) is 0. The Morgan fingerprint density at radius 1 is 1.54 bits per heavy atom. The third kappa shape index (κ3) is 3.53. The number of aliphatic imine (C=N–C) groups is 1. The van der Waals surface area contributed by atoms with E-state index in [1.807, 2.05) is 0 Å². The number of hydrogen-bond acceptors (Lipinski definition) is 5. The van der Waals surface area contributed by atoms with E-state index in [-0.39, 0.29) is 11.5 Å². The molecule has 0 rings (SSSR count). The van der Waals surface area contributed by atoms with E-state index >= 15 is 0 Å². The molecule has 0 unspecified atom stereocenters. The van der Waals surface area contributed by atoms with Gasteiger partial charge in [0, 0.05) is 11.6 Å². The van der Waals surface area contributed by atoms with Crippen molar-refractivity contribution in [1.29, 1.82) is 5.41 Å². The van der Waals surface area contributed by atoms with Crippen LogP contribution in [-0.2, 0) is 4.84 Å². The van der Waals surface area contributed by atoms with Crippen LogP contribution in [0.3, 0.4) is 0 Å². The van der Waals surface area contributed by atoms with E-state index in [1.54, 1.807) is 13.8 Å². The minimum atomic E-state index is 0.202. The van der Waals surface area contributed by atoms with Crippen molar-refractivity contribution in [3.8, 4) is 0 Å². The Kier molecular flexibility index (Phi) is 4.47. The average Bonchev–Trinajstić information content (AvgIpc) is 2.14. The van der Waals surface area contributed by atoms with Crippen molar-refractivity contribution in [1.82, 2.24) is 0 Å². The minimum Gasteiger partial charge on any atom is -0.416 e. The van der Waals surface area contributed by atoms with Gasteiger partial charge in [-0.1, -0.05) is 0 Å². The summed E-state index contributed by atoms with van der Waals surface area (Å²) in [7, 11) is 0. The molecule has 0 aliphatic heterocycles. The maximum absolute atomic E-state index is 7.52. The summed E-state index contributed by atoms with van der Waals surface area (Å²) < 4.78 is 0. The molecule has 5 N–H and O–H groups in total. The van der Waals surface area contributed by atoms with E-state index in [9.17, 15) is 0 Å². The van der Waals surface area contributed by atoms with Crippen molar-refractivity contribution in [3.63, 3.8) is 0 Å². The van der Waals surface area contributed by atoms with Crippen LogP contribution in [0.4, 0.5) is 0 Å². The van der Waals surface area contributed by atoms with E-state index in [0.29, 0.717) is 11.3 Å². The van der Waals surface area contributed by atoms with Gasteiger partial charge < -0.3 is 16.0 Å².